The van der Waals surface area contributed by atoms with Gasteiger partial charge in [0.15, 0.2) is 6.61 Å². The van der Waals surface area contributed by atoms with Crippen LogP contribution in [0.4, 0.5) is 5.69 Å². The number of esters is 1. The highest BCUT2D eigenvalue weighted by Gasteiger charge is 2.29. The molecule has 0 saturated carbocycles. The summed E-state index contributed by atoms with van der Waals surface area (Å²) in [5, 5.41) is 3.11. The SMILES string of the molecule is COc1ccc(C(=O)OCC(=O)Nc2ccc(Cl)cc2)cc1S(=O)(=O)N1CCCCCC1. The molecule has 1 amide bonds. The minimum Gasteiger partial charge on any atom is -0.495 e. The number of sulfonamides is 1. The molecule has 1 aliphatic heterocycles. The number of halogens is 1. The van der Waals surface area contributed by atoms with E-state index in [4.69, 9.17) is 21.1 Å². The van der Waals surface area contributed by atoms with Gasteiger partial charge in [-0.2, -0.15) is 4.31 Å². The summed E-state index contributed by atoms with van der Waals surface area (Å²) in [6.07, 6.45) is 3.53. The second kappa shape index (κ2) is 10.8. The fraction of sp³-hybridized carbons (Fsp3) is 0.364. The quantitative estimate of drug-likeness (QED) is 0.606. The molecule has 0 atom stereocenters. The first-order valence-corrected chi connectivity index (χ1v) is 12.0. The first-order valence-electron chi connectivity index (χ1n) is 10.2. The Balaban J connectivity index is 1.71. The molecule has 2 aromatic rings. The Morgan fingerprint density at radius 1 is 1.03 bits per heavy atom. The van der Waals surface area contributed by atoms with Crippen LogP contribution in [0.25, 0.3) is 0 Å². The lowest BCUT2D eigenvalue weighted by Crippen LogP contribution is -2.32. The maximum absolute atomic E-state index is 13.2. The number of hydrogen-bond donors (Lipinski definition) is 1. The zero-order valence-electron chi connectivity index (χ0n) is 17.7. The largest absolute Gasteiger partial charge is 0.495 e. The second-order valence-electron chi connectivity index (χ2n) is 7.32. The molecule has 32 heavy (non-hydrogen) atoms. The van der Waals surface area contributed by atoms with Gasteiger partial charge < -0.3 is 14.8 Å². The lowest BCUT2D eigenvalue weighted by atomic mass is 10.2. The fourth-order valence-corrected chi connectivity index (χ4v) is 5.20. The number of nitrogens with zero attached hydrogens (tertiary/aromatic N) is 1. The number of nitrogens with one attached hydrogen (secondary N) is 1. The van der Waals surface area contributed by atoms with E-state index in [2.05, 4.69) is 5.32 Å². The summed E-state index contributed by atoms with van der Waals surface area (Å²) in [6, 6.07) is 10.5. The van der Waals surface area contributed by atoms with Crippen LogP contribution >= 0.6 is 11.6 Å². The summed E-state index contributed by atoms with van der Waals surface area (Å²) in [5.74, 6) is -1.20. The molecule has 0 unspecified atom stereocenters. The number of hydrogen-bond acceptors (Lipinski definition) is 6. The lowest BCUT2D eigenvalue weighted by molar-refractivity contribution is -0.119. The molecule has 0 bridgehead atoms. The maximum atomic E-state index is 13.2. The molecule has 1 aliphatic rings. The van der Waals surface area contributed by atoms with E-state index in [1.54, 1.807) is 24.3 Å². The van der Waals surface area contributed by atoms with Crippen molar-refractivity contribution in [1.29, 1.82) is 0 Å². The lowest BCUT2D eigenvalue weighted by Gasteiger charge is -2.21. The van der Waals surface area contributed by atoms with E-state index in [1.807, 2.05) is 0 Å². The zero-order valence-corrected chi connectivity index (χ0v) is 19.2. The molecule has 1 heterocycles. The predicted octanol–water partition coefficient (Wildman–Crippen LogP) is 3.71. The summed E-state index contributed by atoms with van der Waals surface area (Å²) in [6.45, 7) is 0.317. The van der Waals surface area contributed by atoms with Crippen molar-refractivity contribution >= 4 is 39.2 Å². The molecular formula is C22H25ClN2O6S. The molecule has 8 nitrogen and oxygen atoms in total. The first kappa shape index (κ1) is 24.0. The van der Waals surface area contributed by atoms with Gasteiger partial charge in [0.05, 0.1) is 12.7 Å². The number of carbonyl (C=O) groups excluding carboxylic acids is 2. The monoisotopic (exact) mass is 480 g/mol. The zero-order chi connectivity index (χ0) is 23.1. The van der Waals surface area contributed by atoms with E-state index < -0.39 is 28.5 Å². The molecule has 0 radical (unpaired) electrons. The Hall–Kier alpha value is -2.62. The minimum absolute atomic E-state index is 0.0125. The number of rotatable bonds is 7. The molecule has 10 heteroatoms. The molecular weight excluding hydrogens is 456 g/mol. The Bertz CT molecular complexity index is 1060. The standard InChI is InChI=1S/C22H25ClN2O6S/c1-30-19-11-6-16(14-20(19)32(28,29)25-12-4-2-3-5-13-25)22(27)31-15-21(26)24-18-9-7-17(23)8-10-18/h6-11,14H,2-5,12-13,15H2,1H3,(H,24,26). The van der Waals surface area contributed by atoms with Crippen molar-refractivity contribution in [3.05, 3.63) is 53.1 Å². The van der Waals surface area contributed by atoms with Gasteiger partial charge in [-0.3, -0.25) is 4.79 Å². The molecule has 0 aliphatic carbocycles. The smallest absolute Gasteiger partial charge is 0.338 e. The maximum Gasteiger partial charge on any atom is 0.338 e. The van der Waals surface area contributed by atoms with Crippen LogP contribution in [0, 0.1) is 0 Å². The minimum atomic E-state index is -3.85. The molecule has 1 saturated heterocycles. The average molecular weight is 481 g/mol. The van der Waals surface area contributed by atoms with Gasteiger partial charge in [0.1, 0.15) is 10.6 Å². The van der Waals surface area contributed by atoms with Gasteiger partial charge in [0, 0.05) is 23.8 Å². The van der Waals surface area contributed by atoms with Crippen molar-refractivity contribution in [2.24, 2.45) is 0 Å². The number of ether oxygens (including phenoxy) is 2. The van der Waals surface area contributed by atoms with Gasteiger partial charge in [0.25, 0.3) is 5.91 Å². The molecule has 2 aromatic carbocycles. The number of methoxy groups -OCH3 is 1. The van der Waals surface area contributed by atoms with Crippen molar-refractivity contribution in [1.82, 2.24) is 4.31 Å². The van der Waals surface area contributed by atoms with Gasteiger partial charge >= 0.3 is 5.97 Å². The highest BCUT2D eigenvalue weighted by atomic mass is 35.5. The predicted molar refractivity (Wildman–Crippen MR) is 121 cm³/mol. The van der Waals surface area contributed by atoms with E-state index in [0.29, 0.717) is 23.8 Å². The van der Waals surface area contributed by atoms with Crippen LogP contribution in [0.3, 0.4) is 0 Å². The Kier molecular flexibility index (Phi) is 8.11. The van der Waals surface area contributed by atoms with E-state index in [1.165, 1.54) is 29.6 Å². The summed E-state index contributed by atoms with van der Waals surface area (Å²) in [5.41, 5.74) is 0.518. The van der Waals surface area contributed by atoms with Crippen LogP contribution in [-0.4, -0.2) is 51.4 Å². The van der Waals surface area contributed by atoms with Crippen molar-refractivity contribution < 1.29 is 27.5 Å². The highest BCUT2D eigenvalue weighted by molar-refractivity contribution is 7.89. The Labute approximate surface area is 192 Å². The molecule has 1 fully saturated rings. The molecule has 3 rings (SSSR count). The number of carbonyl (C=O) groups is 2. The fourth-order valence-electron chi connectivity index (χ4n) is 3.37. The van der Waals surface area contributed by atoms with Gasteiger partial charge in [0.2, 0.25) is 10.0 Å². The van der Waals surface area contributed by atoms with E-state index in [0.717, 1.165) is 25.7 Å². The van der Waals surface area contributed by atoms with Crippen LogP contribution in [-0.2, 0) is 19.6 Å². The topological polar surface area (TPSA) is 102 Å². The second-order valence-corrected chi connectivity index (χ2v) is 9.66. The van der Waals surface area contributed by atoms with E-state index in [9.17, 15) is 18.0 Å². The van der Waals surface area contributed by atoms with Gasteiger partial charge in [-0.05, 0) is 55.3 Å². The van der Waals surface area contributed by atoms with Crippen LogP contribution in [0.5, 0.6) is 5.75 Å². The highest BCUT2D eigenvalue weighted by Crippen LogP contribution is 2.29. The van der Waals surface area contributed by atoms with Gasteiger partial charge in [-0.1, -0.05) is 24.4 Å². The van der Waals surface area contributed by atoms with E-state index in [-0.39, 0.29) is 16.2 Å². The van der Waals surface area contributed by atoms with Crippen LogP contribution < -0.4 is 10.1 Å². The first-order chi connectivity index (χ1) is 15.3. The van der Waals surface area contributed by atoms with Gasteiger partial charge in [-0.15, -0.1) is 0 Å². The number of anilines is 1. The third kappa shape index (κ3) is 5.99. The molecule has 0 aromatic heterocycles. The summed E-state index contributed by atoms with van der Waals surface area (Å²) in [4.78, 5) is 24.4. The molecule has 1 N–H and O–H groups in total. The number of amides is 1. The summed E-state index contributed by atoms with van der Waals surface area (Å²) >= 11 is 5.81. The molecule has 172 valence electrons. The normalized spacial score (nSPS) is 14.9. The van der Waals surface area contributed by atoms with Crippen molar-refractivity contribution in [3.8, 4) is 5.75 Å². The van der Waals surface area contributed by atoms with Crippen LogP contribution in [0.2, 0.25) is 5.02 Å². The summed E-state index contributed by atoms with van der Waals surface area (Å²) < 4.78 is 38.1. The third-order valence-electron chi connectivity index (χ3n) is 5.04. The summed E-state index contributed by atoms with van der Waals surface area (Å²) in [7, 11) is -2.48. The third-order valence-corrected chi connectivity index (χ3v) is 7.22. The van der Waals surface area contributed by atoms with Crippen molar-refractivity contribution in [2.45, 2.75) is 30.6 Å². The van der Waals surface area contributed by atoms with Crippen LogP contribution in [0.15, 0.2) is 47.4 Å². The number of benzene rings is 2. The van der Waals surface area contributed by atoms with Crippen molar-refractivity contribution in [2.75, 3.05) is 32.1 Å². The Morgan fingerprint density at radius 2 is 1.69 bits per heavy atom. The van der Waals surface area contributed by atoms with Gasteiger partial charge in [-0.25, -0.2) is 13.2 Å². The molecule has 0 spiro atoms. The van der Waals surface area contributed by atoms with Crippen LogP contribution in [0.1, 0.15) is 36.0 Å². The van der Waals surface area contributed by atoms with Crippen molar-refractivity contribution in [3.63, 3.8) is 0 Å². The average Bonchev–Trinajstić information content (AvgIpc) is 3.09. The Morgan fingerprint density at radius 3 is 2.31 bits per heavy atom. The van der Waals surface area contributed by atoms with E-state index >= 15 is 0 Å².